The first-order chi connectivity index (χ1) is 8.08. The Labute approximate surface area is 119 Å². The lowest BCUT2D eigenvalue weighted by Gasteiger charge is -2.34. The fourth-order valence-electron chi connectivity index (χ4n) is 2.28. The predicted octanol–water partition coefficient (Wildman–Crippen LogP) is 3.17. The minimum atomic E-state index is 0.304. The number of pyridine rings is 1. The maximum absolute atomic E-state index is 5.95. The molecule has 1 aromatic heterocycles. The first kappa shape index (κ1) is 13.3. The number of rotatable bonds is 2. The van der Waals surface area contributed by atoms with Gasteiger partial charge in [-0.3, -0.25) is 0 Å². The number of halogens is 2. The first-order valence-corrected chi connectivity index (χ1v) is 7.48. The molecule has 2 rings (SSSR count). The molecule has 0 spiro atoms. The molecule has 1 unspecified atom stereocenters. The highest BCUT2D eigenvalue weighted by Crippen LogP contribution is 2.30. The van der Waals surface area contributed by atoms with Gasteiger partial charge in [0.2, 0.25) is 0 Å². The third-order valence-electron chi connectivity index (χ3n) is 3.37. The number of nitrogens with two attached hydrogens (primary N) is 1. The van der Waals surface area contributed by atoms with Crippen LogP contribution in [0.25, 0.3) is 0 Å². The van der Waals surface area contributed by atoms with Gasteiger partial charge >= 0.3 is 0 Å². The van der Waals surface area contributed by atoms with E-state index in [0.29, 0.717) is 12.0 Å². The van der Waals surface area contributed by atoms with Crippen molar-refractivity contribution >= 4 is 37.7 Å². The topological polar surface area (TPSA) is 42.1 Å². The zero-order valence-corrected chi connectivity index (χ0v) is 13.0. The highest BCUT2D eigenvalue weighted by Gasteiger charge is 2.23. The van der Waals surface area contributed by atoms with Crippen LogP contribution in [-0.2, 0) is 0 Å². The lowest BCUT2D eigenvalue weighted by molar-refractivity contribution is 0.353. The second-order valence-electron chi connectivity index (χ2n) is 4.64. The number of anilines is 1. The van der Waals surface area contributed by atoms with Crippen molar-refractivity contribution in [2.24, 2.45) is 11.7 Å². The van der Waals surface area contributed by atoms with E-state index in [1.165, 1.54) is 0 Å². The molecule has 3 nitrogen and oxygen atoms in total. The van der Waals surface area contributed by atoms with E-state index >= 15 is 0 Å². The molecule has 2 heterocycles. The standard InChI is InChI=1S/C12H17Br2N3/c1-8(15)9-2-4-17(5-3-9)12-11(14)6-10(13)7-16-12/h6-9H,2-5,15H2,1H3. The quantitative estimate of drug-likeness (QED) is 0.878. The Balaban J connectivity index is 2.05. The van der Waals surface area contributed by atoms with Crippen LogP contribution in [0.5, 0.6) is 0 Å². The molecule has 1 aromatic rings. The zero-order valence-electron chi connectivity index (χ0n) is 9.87. The van der Waals surface area contributed by atoms with E-state index in [9.17, 15) is 0 Å². The van der Waals surface area contributed by atoms with Crippen LogP contribution in [0.1, 0.15) is 19.8 Å². The van der Waals surface area contributed by atoms with Gasteiger partial charge in [0.05, 0.1) is 4.47 Å². The minimum Gasteiger partial charge on any atom is -0.356 e. The van der Waals surface area contributed by atoms with Crippen molar-refractivity contribution in [1.29, 1.82) is 0 Å². The summed E-state index contributed by atoms with van der Waals surface area (Å²) in [5, 5.41) is 0. The van der Waals surface area contributed by atoms with Gasteiger partial charge in [0.1, 0.15) is 5.82 Å². The van der Waals surface area contributed by atoms with Crippen molar-refractivity contribution in [2.45, 2.75) is 25.8 Å². The summed E-state index contributed by atoms with van der Waals surface area (Å²) in [5.74, 6) is 1.69. The van der Waals surface area contributed by atoms with Gasteiger partial charge in [-0.2, -0.15) is 0 Å². The maximum Gasteiger partial charge on any atom is 0.142 e. The second-order valence-corrected chi connectivity index (χ2v) is 6.41. The zero-order chi connectivity index (χ0) is 12.4. The molecule has 1 aliphatic heterocycles. The highest BCUT2D eigenvalue weighted by atomic mass is 79.9. The van der Waals surface area contributed by atoms with Crippen LogP contribution in [0.15, 0.2) is 21.2 Å². The van der Waals surface area contributed by atoms with Gasteiger partial charge in [0.25, 0.3) is 0 Å². The molecule has 5 heteroatoms. The lowest BCUT2D eigenvalue weighted by Crippen LogP contribution is -2.40. The second kappa shape index (κ2) is 5.67. The van der Waals surface area contributed by atoms with Gasteiger partial charge in [-0.05, 0) is 63.6 Å². The molecule has 94 valence electrons. The summed E-state index contributed by atoms with van der Waals surface area (Å²) in [4.78, 5) is 6.80. The van der Waals surface area contributed by atoms with Crippen molar-refractivity contribution < 1.29 is 0 Å². The summed E-state index contributed by atoms with van der Waals surface area (Å²) in [7, 11) is 0. The summed E-state index contributed by atoms with van der Waals surface area (Å²) in [6.07, 6.45) is 4.15. The van der Waals surface area contributed by atoms with Crippen molar-refractivity contribution in [3.63, 3.8) is 0 Å². The molecule has 0 aliphatic carbocycles. The first-order valence-electron chi connectivity index (χ1n) is 5.89. The molecular weight excluding hydrogens is 346 g/mol. The summed E-state index contributed by atoms with van der Waals surface area (Å²) in [6, 6.07) is 2.35. The summed E-state index contributed by atoms with van der Waals surface area (Å²) in [6.45, 7) is 4.19. The Morgan fingerprint density at radius 2 is 2.06 bits per heavy atom. The Hall–Kier alpha value is -0.130. The van der Waals surface area contributed by atoms with Crippen LogP contribution in [0.3, 0.4) is 0 Å². The Morgan fingerprint density at radius 3 is 2.59 bits per heavy atom. The molecular formula is C12H17Br2N3. The fourth-order valence-corrected chi connectivity index (χ4v) is 3.52. The molecule has 1 aliphatic rings. The number of nitrogens with zero attached hydrogens (tertiary/aromatic N) is 2. The lowest BCUT2D eigenvalue weighted by atomic mass is 9.91. The van der Waals surface area contributed by atoms with Crippen molar-refractivity contribution in [3.05, 3.63) is 21.2 Å². The molecule has 0 aromatic carbocycles. The summed E-state index contributed by atoms with van der Waals surface area (Å²) in [5.41, 5.74) is 5.95. The molecule has 2 N–H and O–H groups in total. The van der Waals surface area contributed by atoms with E-state index < -0.39 is 0 Å². The predicted molar refractivity (Wildman–Crippen MR) is 78.2 cm³/mol. The molecule has 1 atom stereocenters. The van der Waals surface area contributed by atoms with Crippen LogP contribution in [0.4, 0.5) is 5.82 Å². The average molecular weight is 363 g/mol. The molecule has 0 bridgehead atoms. The monoisotopic (exact) mass is 361 g/mol. The molecule has 0 saturated carbocycles. The average Bonchev–Trinajstić information content (AvgIpc) is 2.29. The van der Waals surface area contributed by atoms with E-state index in [1.54, 1.807) is 0 Å². The third-order valence-corrected chi connectivity index (χ3v) is 4.39. The van der Waals surface area contributed by atoms with Crippen LogP contribution in [0, 0.1) is 5.92 Å². The van der Waals surface area contributed by atoms with Gasteiger partial charge < -0.3 is 10.6 Å². The van der Waals surface area contributed by atoms with Crippen LogP contribution >= 0.6 is 31.9 Å². The molecule has 0 radical (unpaired) electrons. The maximum atomic E-state index is 5.95. The van der Waals surface area contributed by atoms with E-state index in [0.717, 1.165) is 40.7 Å². The summed E-state index contributed by atoms with van der Waals surface area (Å²) < 4.78 is 2.05. The van der Waals surface area contributed by atoms with Gasteiger partial charge in [0, 0.05) is 29.8 Å². The third kappa shape index (κ3) is 3.20. The largest absolute Gasteiger partial charge is 0.356 e. The molecule has 1 fully saturated rings. The number of piperidine rings is 1. The molecule has 1 saturated heterocycles. The normalized spacial score (nSPS) is 19.4. The smallest absolute Gasteiger partial charge is 0.142 e. The van der Waals surface area contributed by atoms with Crippen LogP contribution < -0.4 is 10.6 Å². The number of hydrogen-bond acceptors (Lipinski definition) is 3. The molecule has 0 amide bonds. The SMILES string of the molecule is CC(N)C1CCN(c2ncc(Br)cc2Br)CC1. The van der Waals surface area contributed by atoms with Crippen molar-refractivity contribution in [3.8, 4) is 0 Å². The minimum absolute atomic E-state index is 0.304. The van der Waals surface area contributed by atoms with Gasteiger partial charge in [-0.1, -0.05) is 0 Å². The van der Waals surface area contributed by atoms with Crippen LogP contribution in [-0.4, -0.2) is 24.1 Å². The van der Waals surface area contributed by atoms with E-state index in [-0.39, 0.29) is 0 Å². The van der Waals surface area contributed by atoms with Crippen molar-refractivity contribution in [1.82, 2.24) is 4.98 Å². The number of aromatic nitrogens is 1. The summed E-state index contributed by atoms with van der Waals surface area (Å²) >= 11 is 6.99. The fraction of sp³-hybridized carbons (Fsp3) is 0.583. The number of hydrogen-bond donors (Lipinski definition) is 1. The van der Waals surface area contributed by atoms with E-state index in [1.807, 2.05) is 12.3 Å². The van der Waals surface area contributed by atoms with Gasteiger partial charge in [0.15, 0.2) is 0 Å². The van der Waals surface area contributed by atoms with Gasteiger partial charge in [-0.15, -0.1) is 0 Å². The molecule has 17 heavy (non-hydrogen) atoms. The van der Waals surface area contributed by atoms with Crippen molar-refractivity contribution in [2.75, 3.05) is 18.0 Å². The Kier molecular flexibility index (Phi) is 4.44. The van der Waals surface area contributed by atoms with Crippen LogP contribution in [0.2, 0.25) is 0 Å². The van der Waals surface area contributed by atoms with E-state index in [4.69, 9.17) is 5.73 Å². The Morgan fingerprint density at radius 1 is 1.41 bits per heavy atom. The van der Waals surface area contributed by atoms with Gasteiger partial charge in [-0.25, -0.2) is 4.98 Å². The Bertz CT molecular complexity index is 387. The van der Waals surface area contributed by atoms with E-state index in [2.05, 4.69) is 48.7 Å². The highest BCUT2D eigenvalue weighted by molar-refractivity contribution is 9.11.